The van der Waals surface area contributed by atoms with E-state index in [4.69, 9.17) is 0 Å². The van der Waals surface area contributed by atoms with Crippen LogP contribution in [0.15, 0.2) is 0 Å². The van der Waals surface area contributed by atoms with E-state index in [9.17, 15) is 0 Å². The van der Waals surface area contributed by atoms with Crippen LogP contribution in [0.3, 0.4) is 0 Å². The summed E-state index contributed by atoms with van der Waals surface area (Å²) in [5.74, 6) is 0. The van der Waals surface area contributed by atoms with Crippen molar-refractivity contribution in [2.45, 2.75) is 51.6 Å². The first-order valence-electron chi connectivity index (χ1n) is 5.21. The molecule has 0 aromatic carbocycles. The van der Waals surface area contributed by atoms with Gasteiger partial charge < -0.3 is 9.96 Å². The maximum absolute atomic E-state index is 3.78. The zero-order valence-corrected chi connectivity index (χ0v) is 10.9. The maximum Gasteiger partial charge on any atom is 0.212 e. The Bertz CT molecular complexity index is 166. The summed E-state index contributed by atoms with van der Waals surface area (Å²) in [6, 6.07) is 0. The van der Waals surface area contributed by atoms with E-state index in [1.165, 1.54) is 0 Å². The molecule has 0 radical (unpaired) electrons. The van der Waals surface area contributed by atoms with Crippen molar-refractivity contribution in [3.8, 4) is 0 Å². The second kappa shape index (κ2) is 3.07. The summed E-state index contributed by atoms with van der Waals surface area (Å²) in [5, 5.41) is 0.753. The minimum Gasteiger partial charge on any atom is -0.323 e. The molecular formula is C10H24N2Si. The van der Waals surface area contributed by atoms with Gasteiger partial charge in [0.1, 0.15) is 0 Å². The van der Waals surface area contributed by atoms with Gasteiger partial charge in [0.25, 0.3) is 0 Å². The third kappa shape index (κ3) is 1.69. The molecule has 2 nitrogen and oxygen atoms in total. The number of hydrogen-bond acceptors (Lipinski definition) is 2. The van der Waals surface area contributed by atoms with E-state index in [0.717, 1.165) is 13.1 Å². The molecule has 1 saturated heterocycles. The van der Waals surface area contributed by atoms with Gasteiger partial charge in [-0.2, -0.15) is 0 Å². The molecule has 0 aromatic heterocycles. The highest BCUT2D eigenvalue weighted by molar-refractivity contribution is 6.81. The lowest BCUT2D eigenvalue weighted by molar-refractivity contribution is 0.581. The fourth-order valence-electron chi connectivity index (χ4n) is 2.75. The number of rotatable bonds is 0. The van der Waals surface area contributed by atoms with Gasteiger partial charge in [-0.1, -0.05) is 41.5 Å². The Morgan fingerprint density at radius 2 is 1.08 bits per heavy atom. The molecule has 0 atom stereocenters. The molecule has 0 unspecified atom stereocenters. The summed E-state index contributed by atoms with van der Waals surface area (Å²) >= 11 is 0. The first-order chi connectivity index (χ1) is 5.71. The second-order valence-electron chi connectivity index (χ2n) is 6.10. The minimum absolute atomic E-state index is 0.377. The van der Waals surface area contributed by atoms with Crippen molar-refractivity contribution in [1.82, 2.24) is 9.96 Å². The SMILES string of the molecule is CC(C)(C)[Si]1(C(C)(C)C)NCCN1. The third-order valence-electron chi connectivity index (χ3n) is 3.16. The van der Waals surface area contributed by atoms with E-state index < -0.39 is 8.40 Å². The average Bonchev–Trinajstić information content (AvgIpc) is 2.28. The van der Waals surface area contributed by atoms with E-state index in [1.807, 2.05) is 0 Å². The minimum atomic E-state index is -1.54. The van der Waals surface area contributed by atoms with E-state index in [2.05, 4.69) is 51.5 Å². The van der Waals surface area contributed by atoms with Gasteiger partial charge in [-0.05, 0) is 10.1 Å². The standard InChI is InChI=1S/C10H24N2Si/c1-9(2,3)13(10(4,5)6)11-7-8-12-13/h11-12H,7-8H2,1-6H3. The summed E-state index contributed by atoms with van der Waals surface area (Å²) in [5.41, 5.74) is 0. The van der Waals surface area contributed by atoms with Crippen molar-refractivity contribution < 1.29 is 0 Å². The van der Waals surface area contributed by atoms with Gasteiger partial charge in [0, 0.05) is 13.1 Å². The van der Waals surface area contributed by atoms with Gasteiger partial charge in [-0.15, -0.1) is 0 Å². The van der Waals surface area contributed by atoms with Crippen molar-refractivity contribution in [3.05, 3.63) is 0 Å². The Hall–Kier alpha value is 0.137. The topological polar surface area (TPSA) is 24.1 Å². The van der Waals surface area contributed by atoms with Crippen LogP contribution in [0.4, 0.5) is 0 Å². The molecule has 1 rings (SSSR count). The van der Waals surface area contributed by atoms with E-state index in [1.54, 1.807) is 0 Å². The summed E-state index contributed by atoms with van der Waals surface area (Å²) in [7, 11) is -1.54. The average molecular weight is 200 g/mol. The molecule has 2 N–H and O–H groups in total. The smallest absolute Gasteiger partial charge is 0.212 e. The van der Waals surface area contributed by atoms with Crippen LogP contribution >= 0.6 is 0 Å². The Labute approximate surface area is 83.7 Å². The molecule has 0 amide bonds. The zero-order chi connectivity index (χ0) is 10.3. The third-order valence-corrected chi connectivity index (χ3v) is 9.22. The fraction of sp³-hybridized carbons (Fsp3) is 1.00. The quantitative estimate of drug-likeness (QED) is 0.586. The first-order valence-corrected chi connectivity index (χ1v) is 7.21. The predicted octanol–water partition coefficient (Wildman–Crippen LogP) is 2.22. The molecule has 0 saturated carbocycles. The van der Waals surface area contributed by atoms with Crippen LogP contribution in [0.5, 0.6) is 0 Å². The normalized spacial score (nSPS) is 23.5. The van der Waals surface area contributed by atoms with Gasteiger partial charge in [0.05, 0.1) is 0 Å². The highest BCUT2D eigenvalue weighted by atomic mass is 28.4. The predicted molar refractivity (Wildman–Crippen MR) is 61.2 cm³/mol. The highest BCUT2D eigenvalue weighted by Crippen LogP contribution is 2.48. The van der Waals surface area contributed by atoms with Crippen LogP contribution in [0.25, 0.3) is 0 Å². The van der Waals surface area contributed by atoms with Crippen molar-refractivity contribution in [3.63, 3.8) is 0 Å². The molecule has 1 heterocycles. The molecule has 0 aliphatic carbocycles. The van der Waals surface area contributed by atoms with Crippen LogP contribution in [-0.4, -0.2) is 21.5 Å². The van der Waals surface area contributed by atoms with Crippen LogP contribution < -0.4 is 9.96 Å². The molecule has 1 aliphatic rings. The van der Waals surface area contributed by atoms with Gasteiger partial charge in [-0.3, -0.25) is 0 Å². The van der Waals surface area contributed by atoms with Crippen molar-refractivity contribution >= 4 is 8.40 Å². The monoisotopic (exact) mass is 200 g/mol. The summed E-state index contributed by atoms with van der Waals surface area (Å²) in [6.45, 7) is 16.4. The van der Waals surface area contributed by atoms with Gasteiger partial charge >= 0.3 is 0 Å². The van der Waals surface area contributed by atoms with E-state index >= 15 is 0 Å². The van der Waals surface area contributed by atoms with E-state index in [-0.39, 0.29) is 0 Å². The first kappa shape index (κ1) is 11.2. The number of hydrogen-bond donors (Lipinski definition) is 2. The van der Waals surface area contributed by atoms with Gasteiger partial charge in [0.2, 0.25) is 8.40 Å². The molecule has 13 heavy (non-hydrogen) atoms. The van der Waals surface area contributed by atoms with Crippen LogP contribution in [-0.2, 0) is 0 Å². The molecule has 0 spiro atoms. The van der Waals surface area contributed by atoms with Crippen LogP contribution in [0, 0.1) is 0 Å². The van der Waals surface area contributed by atoms with Gasteiger partial charge in [0.15, 0.2) is 0 Å². The van der Waals surface area contributed by atoms with Gasteiger partial charge in [-0.25, -0.2) is 0 Å². The highest BCUT2D eigenvalue weighted by Gasteiger charge is 2.55. The van der Waals surface area contributed by atoms with Crippen molar-refractivity contribution in [1.29, 1.82) is 0 Å². The zero-order valence-electron chi connectivity index (χ0n) is 9.91. The summed E-state index contributed by atoms with van der Waals surface area (Å²) in [6.07, 6.45) is 0. The molecular weight excluding hydrogens is 176 g/mol. The van der Waals surface area contributed by atoms with Crippen LogP contribution in [0.2, 0.25) is 10.1 Å². The maximum atomic E-state index is 3.78. The summed E-state index contributed by atoms with van der Waals surface area (Å²) < 4.78 is 0. The Morgan fingerprint density at radius 3 is 1.23 bits per heavy atom. The Balaban J connectivity index is 3.02. The van der Waals surface area contributed by atoms with Crippen molar-refractivity contribution in [2.24, 2.45) is 0 Å². The summed E-state index contributed by atoms with van der Waals surface area (Å²) in [4.78, 5) is 7.56. The molecule has 1 aliphatic heterocycles. The molecule has 0 aromatic rings. The van der Waals surface area contributed by atoms with Crippen molar-refractivity contribution in [2.75, 3.05) is 13.1 Å². The fourth-order valence-corrected chi connectivity index (χ4v) is 8.24. The number of nitrogens with one attached hydrogen (secondary N) is 2. The molecule has 78 valence electrons. The lowest BCUT2D eigenvalue weighted by Gasteiger charge is -2.48. The lowest BCUT2D eigenvalue weighted by Crippen LogP contribution is -2.67. The molecule has 1 fully saturated rings. The lowest BCUT2D eigenvalue weighted by atomic mass is 10.2. The molecule has 3 heteroatoms. The Morgan fingerprint density at radius 1 is 0.769 bits per heavy atom. The Kier molecular flexibility index (Phi) is 2.65. The molecule has 0 bridgehead atoms. The van der Waals surface area contributed by atoms with E-state index in [0.29, 0.717) is 10.1 Å². The van der Waals surface area contributed by atoms with Crippen LogP contribution in [0.1, 0.15) is 41.5 Å². The second-order valence-corrected chi connectivity index (χ2v) is 11.3. The largest absolute Gasteiger partial charge is 0.323 e.